The van der Waals surface area contributed by atoms with Gasteiger partial charge in [0.2, 0.25) is 0 Å². The molecule has 0 bridgehead atoms. The number of hydrogen-bond donors (Lipinski definition) is 3. The number of fused-ring (bicyclic) bond motifs is 1. The lowest BCUT2D eigenvalue weighted by Gasteiger charge is -2.20. The molecular weight excluding hydrogens is 266 g/mol. The second-order valence-electron chi connectivity index (χ2n) is 4.98. The fraction of sp³-hybridized carbons (Fsp3) is 0.538. The van der Waals surface area contributed by atoms with Gasteiger partial charge in [-0.25, -0.2) is 13.8 Å². The summed E-state index contributed by atoms with van der Waals surface area (Å²) in [7, 11) is 0. The van der Waals surface area contributed by atoms with Crippen LogP contribution in [0, 0.1) is 0 Å². The maximum atomic E-state index is 13.2. The first-order chi connectivity index (χ1) is 9.43. The van der Waals surface area contributed by atoms with Crippen LogP contribution in [0.5, 0.6) is 0 Å². The highest BCUT2D eigenvalue weighted by Crippen LogP contribution is 2.25. The Labute approximate surface area is 115 Å². The van der Waals surface area contributed by atoms with Crippen LogP contribution in [0.2, 0.25) is 0 Å². The smallest absolute Gasteiger partial charge is 0.276 e. The number of amides is 1. The zero-order valence-corrected chi connectivity index (χ0v) is 11.1. The van der Waals surface area contributed by atoms with E-state index in [0.29, 0.717) is 0 Å². The first-order valence-corrected chi connectivity index (χ1v) is 6.57. The molecule has 0 spiro atoms. The van der Waals surface area contributed by atoms with E-state index in [2.05, 4.69) is 10.3 Å². The zero-order valence-electron chi connectivity index (χ0n) is 11.1. The Morgan fingerprint density at radius 2 is 2.10 bits per heavy atom. The molecule has 0 aliphatic heterocycles. The van der Waals surface area contributed by atoms with Gasteiger partial charge in [0.1, 0.15) is 5.82 Å². The van der Waals surface area contributed by atoms with Gasteiger partial charge >= 0.3 is 0 Å². The molecule has 0 unspecified atom stereocenters. The minimum absolute atomic E-state index is 0.117. The number of nitrogens with two attached hydrogens (primary N) is 2. The molecule has 110 valence electrons. The number of rotatable bonds is 5. The van der Waals surface area contributed by atoms with E-state index in [1.807, 2.05) is 0 Å². The summed E-state index contributed by atoms with van der Waals surface area (Å²) in [5.74, 6) is -3.61. The average Bonchev–Trinajstić information content (AvgIpc) is 2.44. The van der Waals surface area contributed by atoms with E-state index in [0.717, 1.165) is 36.9 Å². The molecule has 0 radical (unpaired) electrons. The number of aryl methyl sites for hydroxylation is 2. The van der Waals surface area contributed by atoms with Gasteiger partial charge in [-0.2, -0.15) is 0 Å². The highest BCUT2D eigenvalue weighted by Gasteiger charge is 2.27. The van der Waals surface area contributed by atoms with Crippen molar-refractivity contribution in [2.75, 3.05) is 18.4 Å². The summed E-state index contributed by atoms with van der Waals surface area (Å²) >= 11 is 0. The largest absolute Gasteiger partial charge is 0.365 e. The summed E-state index contributed by atoms with van der Waals surface area (Å²) in [6, 6.07) is 1.66. The molecule has 1 amide bonds. The number of pyridine rings is 1. The Morgan fingerprint density at radius 1 is 1.40 bits per heavy atom. The molecule has 5 N–H and O–H groups in total. The van der Waals surface area contributed by atoms with E-state index in [1.165, 1.54) is 0 Å². The first kappa shape index (κ1) is 14.6. The number of anilines is 1. The third kappa shape index (κ3) is 3.22. The van der Waals surface area contributed by atoms with Crippen LogP contribution < -0.4 is 16.8 Å². The number of alkyl halides is 2. The molecule has 1 heterocycles. The van der Waals surface area contributed by atoms with Crippen molar-refractivity contribution in [1.82, 2.24) is 4.98 Å². The van der Waals surface area contributed by atoms with E-state index >= 15 is 0 Å². The zero-order chi connectivity index (χ0) is 14.8. The number of aromatic nitrogens is 1. The predicted octanol–water partition coefficient (Wildman–Crippen LogP) is 1.07. The van der Waals surface area contributed by atoms with Crippen molar-refractivity contribution in [2.24, 2.45) is 11.5 Å². The monoisotopic (exact) mass is 284 g/mol. The van der Waals surface area contributed by atoms with Crippen LogP contribution in [0.4, 0.5) is 14.6 Å². The Hall–Kier alpha value is -1.76. The summed E-state index contributed by atoms with van der Waals surface area (Å²) in [5.41, 5.74) is 12.2. The van der Waals surface area contributed by atoms with Gasteiger partial charge in [-0.15, -0.1) is 0 Å². The number of carbonyl (C=O) groups excluding carboxylic acids is 1. The number of primary amides is 1. The van der Waals surface area contributed by atoms with Crippen molar-refractivity contribution in [3.8, 4) is 0 Å². The second-order valence-corrected chi connectivity index (χ2v) is 4.98. The van der Waals surface area contributed by atoms with Gasteiger partial charge in [0.15, 0.2) is 0 Å². The van der Waals surface area contributed by atoms with Gasteiger partial charge in [-0.3, -0.25) is 4.79 Å². The third-order valence-corrected chi connectivity index (χ3v) is 3.38. The summed E-state index contributed by atoms with van der Waals surface area (Å²) < 4.78 is 26.4. The lowest BCUT2D eigenvalue weighted by Crippen LogP contribution is -2.36. The number of halogens is 2. The molecule has 0 atom stereocenters. The summed E-state index contributed by atoms with van der Waals surface area (Å²) in [5, 5.41) is 2.49. The van der Waals surface area contributed by atoms with Crippen LogP contribution in [0.15, 0.2) is 6.07 Å². The van der Waals surface area contributed by atoms with Gasteiger partial charge in [-0.05, 0) is 37.3 Å². The van der Waals surface area contributed by atoms with Gasteiger partial charge in [0, 0.05) is 5.69 Å². The number of hydrogen-bond acceptors (Lipinski definition) is 4. The Balaban J connectivity index is 2.28. The van der Waals surface area contributed by atoms with Crippen molar-refractivity contribution in [3.63, 3.8) is 0 Å². The molecular formula is C13H18F2N4O. The molecule has 2 rings (SSSR count). The molecule has 20 heavy (non-hydrogen) atoms. The summed E-state index contributed by atoms with van der Waals surface area (Å²) in [6.07, 6.45) is 3.66. The van der Waals surface area contributed by atoms with Crippen LogP contribution in [-0.2, 0) is 12.8 Å². The molecule has 1 aliphatic rings. The topological polar surface area (TPSA) is 94.0 Å². The van der Waals surface area contributed by atoms with E-state index in [1.54, 1.807) is 6.07 Å². The van der Waals surface area contributed by atoms with Crippen molar-refractivity contribution >= 4 is 11.7 Å². The molecule has 5 nitrogen and oxygen atoms in total. The number of nitrogens with one attached hydrogen (secondary N) is 1. The number of carbonyl (C=O) groups is 1. The van der Waals surface area contributed by atoms with Crippen molar-refractivity contribution in [2.45, 2.75) is 31.6 Å². The minimum Gasteiger partial charge on any atom is -0.365 e. The molecule has 1 aromatic rings. The van der Waals surface area contributed by atoms with Gasteiger partial charge in [-0.1, -0.05) is 0 Å². The normalized spacial score (nSPS) is 14.8. The second kappa shape index (κ2) is 5.70. The molecule has 1 aromatic heterocycles. The Morgan fingerprint density at radius 3 is 2.75 bits per heavy atom. The third-order valence-electron chi connectivity index (χ3n) is 3.38. The van der Waals surface area contributed by atoms with Crippen LogP contribution in [0.1, 0.15) is 34.5 Å². The van der Waals surface area contributed by atoms with Crippen LogP contribution in [0.3, 0.4) is 0 Å². The number of nitrogens with zero attached hydrogens (tertiary/aromatic N) is 1. The highest BCUT2D eigenvalue weighted by molar-refractivity contribution is 5.97. The fourth-order valence-electron chi connectivity index (χ4n) is 2.24. The van der Waals surface area contributed by atoms with Crippen LogP contribution in [-0.4, -0.2) is 29.9 Å². The van der Waals surface area contributed by atoms with Crippen molar-refractivity contribution < 1.29 is 13.6 Å². The van der Waals surface area contributed by atoms with Crippen LogP contribution >= 0.6 is 0 Å². The van der Waals surface area contributed by atoms with E-state index < -0.39 is 24.9 Å². The Bertz CT molecular complexity index is 519. The SMILES string of the molecule is NCC(F)(F)CNc1nc2c(cc1C(N)=O)CCCC2. The molecule has 1 aliphatic carbocycles. The standard InChI is InChI=1S/C13H18F2N4O/c14-13(15,6-16)7-18-12-9(11(17)20)5-8-3-1-2-4-10(8)19-12/h5H,1-4,6-7,16H2,(H2,17,20)(H,18,19). The lowest BCUT2D eigenvalue weighted by molar-refractivity contribution is 0.0252. The first-order valence-electron chi connectivity index (χ1n) is 6.57. The fourth-order valence-corrected chi connectivity index (χ4v) is 2.24. The molecule has 7 heteroatoms. The van der Waals surface area contributed by atoms with Gasteiger partial charge in [0.05, 0.1) is 18.7 Å². The van der Waals surface area contributed by atoms with E-state index in [-0.39, 0.29) is 11.4 Å². The highest BCUT2D eigenvalue weighted by atomic mass is 19.3. The van der Waals surface area contributed by atoms with E-state index in [9.17, 15) is 13.6 Å². The van der Waals surface area contributed by atoms with Crippen molar-refractivity contribution in [3.05, 3.63) is 22.9 Å². The summed E-state index contributed by atoms with van der Waals surface area (Å²) in [6.45, 7) is -1.44. The van der Waals surface area contributed by atoms with Crippen LogP contribution in [0.25, 0.3) is 0 Å². The average molecular weight is 284 g/mol. The van der Waals surface area contributed by atoms with Gasteiger partial charge in [0.25, 0.3) is 11.8 Å². The van der Waals surface area contributed by atoms with Gasteiger partial charge < -0.3 is 16.8 Å². The molecule has 0 aromatic carbocycles. The molecule has 0 saturated carbocycles. The van der Waals surface area contributed by atoms with Crippen molar-refractivity contribution in [1.29, 1.82) is 0 Å². The predicted molar refractivity (Wildman–Crippen MR) is 71.9 cm³/mol. The molecule has 0 saturated heterocycles. The quantitative estimate of drug-likeness (QED) is 0.753. The van der Waals surface area contributed by atoms with E-state index in [4.69, 9.17) is 11.5 Å². The maximum Gasteiger partial charge on any atom is 0.276 e. The minimum atomic E-state index is -3.05. The Kier molecular flexibility index (Phi) is 4.17. The molecule has 0 fully saturated rings. The maximum absolute atomic E-state index is 13.2. The lowest BCUT2D eigenvalue weighted by atomic mass is 9.94. The summed E-state index contributed by atoms with van der Waals surface area (Å²) in [4.78, 5) is 15.7.